The Bertz CT molecular complexity index is 101. The molecule has 0 saturated carbocycles. The van der Waals surface area contributed by atoms with Gasteiger partial charge < -0.3 is 0 Å². The number of halogens is 1. The van der Waals surface area contributed by atoms with Crippen molar-refractivity contribution < 1.29 is 4.39 Å². The monoisotopic (exact) mass is 174 g/mol. The number of hydrogen-bond acceptors (Lipinski definition) is 0. The van der Waals surface area contributed by atoms with Crippen molar-refractivity contribution in [3.8, 4) is 0 Å². The van der Waals surface area contributed by atoms with Crippen LogP contribution in [0.3, 0.4) is 0 Å². The molecule has 0 N–H and O–H groups in total. The van der Waals surface area contributed by atoms with Gasteiger partial charge in [-0.25, -0.2) is 4.39 Å². The van der Waals surface area contributed by atoms with Crippen molar-refractivity contribution in [3.05, 3.63) is 0 Å². The predicted molar refractivity (Wildman–Crippen MR) is 53.0 cm³/mol. The second kappa shape index (κ2) is 6.45. The van der Waals surface area contributed by atoms with E-state index in [0.29, 0.717) is 5.92 Å². The van der Waals surface area contributed by atoms with Crippen molar-refractivity contribution >= 4 is 0 Å². The molecule has 1 heteroatoms. The van der Waals surface area contributed by atoms with Crippen LogP contribution in [-0.2, 0) is 0 Å². The van der Waals surface area contributed by atoms with E-state index < -0.39 is 6.17 Å². The SMILES string of the molecule is CCCC(C)C(F)CC(C)CC. The predicted octanol–water partition coefficient (Wildman–Crippen LogP) is 4.20. The fourth-order valence-electron chi connectivity index (χ4n) is 1.42. The van der Waals surface area contributed by atoms with E-state index >= 15 is 0 Å². The molecule has 0 aliphatic heterocycles. The van der Waals surface area contributed by atoms with Crippen LogP contribution >= 0.6 is 0 Å². The van der Waals surface area contributed by atoms with Crippen LogP contribution in [0.1, 0.15) is 53.4 Å². The smallest absolute Gasteiger partial charge is 0.103 e. The molecule has 74 valence electrons. The zero-order valence-electron chi connectivity index (χ0n) is 8.94. The van der Waals surface area contributed by atoms with Crippen molar-refractivity contribution in [1.29, 1.82) is 0 Å². The summed E-state index contributed by atoms with van der Waals surface area (Å²) in [6.07, 6.45) is 3.39. The minimum Gasteiger partial charge on any atom is -0.247 e. The van der Waals surface area contributed by atoms with Gasteiger partial charge in [0.15, 0.2) is 0 Å². The molecule has 0 aromatic carbocycles. The lowest BCUT2D eigenvalue weighted by atomic mass is 9.92. The molecular formula is C11H23F. The van der Waals surface area contributed by atoms with E-state index in [0.717, 1.165) is 25.7 Å². The standard InChI is InChI=1S/C11H23F/c1-5-7-10(4)11(12)8-9(3)6-2/h9-11H,5-8H2,1-4H3. The van der Waals surface area contributed by atoms with Gasteiger partial charge in [0.1, 0.15) is 6.17 Å². The van der Waals surface area contributed by atoms with Gasteiger partial charge in [0.2, 0.25) is 0 Å². The molecule has 0 rings (SSSR count). The van der Waals surface area contributed by atoms with E-state index in [-0.39, 0.29) is 5.92 Å². The second-order valence-corrected chi connectivity index (χ2v) is 4.03. The molecule has 0 aromatic heterocycles. The molecule has 0 heterocycles. The molecule has 0 aliphatic carbocycles. The van der Waals surface area contributed by atoms with Crippen molar-refractivity contribution in [1.82, 2.24) is 0 Å². The zero-order valence-corrected chi connectivity index (χ0v) is 8.94. The molecule has 0 amide bonds. The lowest BCUT2D eigenvalue weighted by molar-refractivity contribution is 0.191. The summed E-state index contributed by atoms with van der Waals surface area (Å²) in [5.74, 6) is 0.795. The van der Waals surface area contributed by atoms with Gasteiger partial charge in [-0.15, -0.1) is 0 Å². The van der Waals surface area contributed by atoms with Crippen LogP contribution in [0.25, 0.3) is 0 Å². The Kier molecular flexibility index (Phi) is 6.41. The molecule has 12 heavy (non-hydrogen) atoms. The number of hydrogen-bond donors (Lipinski definition) is 0. The van der Waals surface area contributed by atoms with E-state index in [9.17, 15) is 4.39 Å². The summed E-state index contributed by atoms with van der Waals surface area (Å²) in [5.41, 5.74) is 0. The average molecular weight is 174 g/mol. The van der Waals surface area contributed by atoms with E-state index in [2.05, 4.69) is 20.8 Å². The van der Waals surface area contributed by atoms with Gasteiger partial charge in [-0.05, 0) is 24.7 Å². The Morgan fingerprint density at radius 3 is 2.17 bits per heavy atom. The molecule has 0 aliphatic rings. The maximum Gasteiger partial charge on any atom is 0.103 e. The molecule has 0 bridgehead atoms. The Morgan fingerprint density at radius 1 is 1.17 bits per heavy atom. The van der Waals surface area contributed by atoms with Crippen LogP contribution in [0.5, 0.6) is 0 Å². The Balaban J connectivity index is 3.62. The normalized spacial score (nSPS) is 18.8. The fourth-order valence-corrected chi connectivity index (χ4v) is 1.42. The highest BCUT2D eigenvalue weighted by Gasteiger charge is 2.17. The van der Waals surface area contributed by atoms with Crippen molar-refractivity contribution in [2.75, 3.05) is 0 Å². The fraction of sp³-hybridized carbons (Fsp3) is 1.00. The second-order valence-electron chi connectivity index (χ2n) is 4.03. The Morgan fingerprint density at radius 2 is 1.75 bits per heavy atom. The summed E-state index contributed by atoms with van der Waals surface area (Å²) < 4.78 is 13.4. The van der Waals surface area contributed by atoms with Crippen LogP contribution < -0.4 is 0 Å². The first-order valence-electron chi connectivity index (χ1n) is 5.25. The van der Waals surface area contributed by atoms with Crippen molar-refractivity contribution in [2.45, 2.75) is 59.5 Å². The molecular weight excluding hydrogens is 151 g/mol. The Labute approximate surface area is 76.6 Å². The summed E-state index contributed by atoms with van der Waals surface area (Å²) in [6, 6.07) is 0. The maximum atomic E-state index is 13.4. The van der Waals surface area contributed by atoms with Gasteiger partial charge in [0.25, 0.3) is 0 Å². The van der Waals surface area contributed by atoms with E-state index in [1.165, 1.54) is 0 Å². The third-order valence-electron chi connectivity index (χ3n) is 2.69. The average Bonchev–Trinajstić information content (AvgIpc) is 2.04. The highest BCUT2D eigenvalue weighted by atomic mass is 19.1. The van der Waals surface area contributed by atoms with Crippen LogP contribution in [-0.4, -0.2) is 6.17 Å². The Hall–Kier alpha value is -0.0700. The highest BCUT2D eigenvalue weighted by Crippen LogP contribution is 2.21. The van der Waals surface area contributed by atoms with Crippen LogP contribution in [0.4, 0.5) is 4.39 Å². The first-order chi connectivity index (χ1) is 5.61. The van der Waals surface area contributed by atoms with Gasteiger partial charge in [-0.3, -0.25) is 0 Å². The van der Waals surface area contributed by atoms with Gasteiger partial charge in [0.05, 0.1) is 0 Å². The summed E-state index contributed by atoms with van der Waals surface area (Å²) in [7, 11) is 0. The summed E-state index contributed by atoms with van der Waals surface area (Å²) in [5, 5.41) is 0. The summed E-state index contributed by atoms with van der Waals surface area (Å²) in [6.45, 7) is 8.40. The number of rotatable bonds is 6. The minimum atomic E-state index is -0.583. The van der Waals surface area contributed by atoms with E-state index in [1.54, 1.807) is 0 Å². The van der Waals surface area contributed by atoms with Crippen molar-refractivity contribution in [2.24, 2.45) is 11.8 Å². The first kappa shape index (κ1) is 11.9. The van der Waals surface area contributed by atoms with Gasteiger partial charge in [-0.2, -0.15) is 0 Å². The van der Waals surface area contributed by atoms with Crippen LogP contribution in [0.15, 0.2) is 0 Å². The maximum absolute atomic E-state index is 13.4. The quantitative estimate of drug-likeness (QED) is 0.566. The van der Waals surface area contributed by atoms with Gasteiger partial charge >= 0.3 is 0 Å². The molecule has 3 atom stereocenters. The van der Waals surface area contributed by atoms with Gasteiger partial charge in [-0.1, -0.05) is 40.5 Å². The van der Waals surface area contributed by atoms with Crippen molar-refractivity contribution in [3.63, 3.8) is 0 Å². The third kappa shape index (κ3) is 4.74. The molecule has 0 saturated heterocycles. The molecule has 0 radical (unpaired) electrons. The van der Waals surface area contributed by atoms with Crippen LogP contribution in [0, 0.1) is 11.8 Å². The van der Waals surface area contributed by atoms with E-state index in [4.69, 9.17) is 0 Å². The van der Waals surface area contributed by atoms with Gasteiger partial charge in [0, 0.05) is 0 Å². The van der Waals surface area contributed by atoms with E-state index in [1.807, 2.05) is 6.92 Å². The summed E-state index contributed by atoms with van der Waals surface area (Å²) in [4.78, 5) is 0. The largest absolute Gasteiger partial charge is 0.247 e. The third-order valence-corrected chi connectivity index (χ3v) is 2.69. The molecule has 0 fully saturated rings. The summed E-state index contributed by atoms with van der Waals surface area (Å²) >= 11 is 0. The highest BCUT2D eigenvalue weighted by molar-refractivity contribution is 4.67. The molecule has 0 spiro atoms. The zero-order chi connectivity index (χ0) is 9.56. The van der Waals surface area contributed by atoms with Crippen LogP contribution in [0.2, 0.25) is 0 Å². The minimum absolute atomic E-state index is 0.254. The lowest BCUT2D eigenvalue weighted by Crippen LogP contribution is -2.15. The molecule has 0 nitrogen and oxygen atoms in total. The topological polar surface area (TPSA) is 0 Å². The first-order valence-corrected chi connectivity index (χ1v) is 5.25. The number of alkyl halides is 1. The molecule has 0 aromatic rings. The lowest BCUT2D eigenvalue weighted by Gasteiger charge is -2.18. The molecule has 3 unspecified atom stereocenters.